The van der Waals surface area contributed by atoms with Gasteiger partial charge < -0.3 is 0 Å². The Bertz CT molecular complexity index is 807. The van der Waals surface area contributed by atoms with Crippen LogP contribution in [0, 0.1) is 0 Å². The summed E-state index contributed by atoms with van der Waals surface area (Å²) in [7, 11) is 0. The van der Waals surface area contributed by atoms with E-state index in [0.29, 0.717) is 0 Å². The second-order valence-electron chi connectivity index (χ2n) is 9.54. The molecule has 2 aromatic carbocycles. The molecule has 25 heavy (non-hydrogen) atoms. The zero-order valence-electron chi connectivity index (χ0n) is 16.8. The summed E-state index contributed by atoms with van der Waals surface area (Å²) in [6, 6.07) is 12.0. The van der Waals surface area contributed by atoms with Gasteiger partial charge in [-0.2, -0.15) is 0 Å². The number of aryl methyl sites for hydroxylation is 1. The van der Waals surface area contributed by atoms with E-state index in [1.54, 1.807) is 0 Å². The Morgan fingerprint density at radius 3 is 2.16 bits per heavy atom. The van der Waals surface area contributed by atoms with E-state index >= 15 is 0 Å². The van der Waals surface area contributed by atoms with Crippen LogP contribution in [0.2, 0.25) is 0 Å². The van der Waals surface area contributed by atoms with Crippen molar-refractivity contribution in [3.63, 3.8) is 0 Å². The average Bonchev–Trinajstić information content (AvgIpc) is 2.87. The maximum atomic E-state index is 3.91. The summed E-state index contributed by atoms with van der Waals surface area (Å²) in [6.45, 7) is 17.8. The second-order valence-corrected chi connectivity index (χ2v) is 9.54. The van der Waals surface area contributed by atoms with Crippen molar-refractivity contribution < 1.29 is 0 Å². The third-order valence-corrected chi connectivity index (χ3v) is 5.40. The summed E-state index contributed by atoms with van der Waals surface area (Å²) >= 11 is 0. The molecule has 0 bridgehead atoms. The Morgan fingerprint density at radius 1 is 0.880 bits per heavy atom. The molecular weight excluding hydrogens is 300 g/mol. The first-order valence-electron chi connectivity index (χ1n) is 9.52. The minimum Gasteiger partial charge on any atom is -0.103 e. The van der Waals surface area contributed by atoms with Crippen LogP contribution in [0.25, 0.3) is 11.1 Å². The van der Waals surface area contributed by atoms with Crippen molar-refractivity contribution in [3.8, 4) is 11.1 Å². The lowest BCUT2D eigenvalue weighted by atomic mass is 9.80. The van der Waals surface area contributed by atoms with Gasteiger partial charge in [0.15, 0.2) is 0 Å². The smallest absolute Gasteiger partial charge is 0.00132 e. The fraction of sp³-hybridized carbons (Fsp3) is 0.440. The van der Waals surface area contributed by atoms with Crippen molar-refractivity contribution >= 4 is 0 Å². The molecule has 0 amide bonds. The van der Waals surface area contributed by atoms with Crippen molar-refractivity contribution in [1.29, 1.82) is 0 Å². The van der Waals surface area contributed by atoms with Crippen LogP contribution in [-0.2, 0) is 23.7 Å². The maximum Gasteiger partial charge on any atom is -0.00132 e. The van der Waals surface area contributed by atoms with Crippen molar-refractivity contribution in [1.82, 2.24) is 0 Å². The molecule has 3 rings (SSSR count). The van der Waals surface area contributed by atoms with Gasteiger partial charge in [0.05, 0.1) is 0 Å². The van der Waals surface area contributed by atoms with Gasteiger partial charge in [-0.15, -0.1) is 6.58 Å². The van der Waals surface area contributed by atoms with Gasteiger partial charge in [-0.1, -0.05) is 78.0 Å². The van der Waals surface area contributed by atoms with Crippen molar-refractivity contribution in [3.05, 3.63) is 70.8 Å². The maximum absolute atomic E-state index is 3.91. The molecule has 0 aromatic heterocycles. The molecule has 0 fully saturated rings. The van der Waals surface area contributed by atoms with Gasteiger partial charge >= 0.3 is 0 Å². The third kappa shape index (κ3) is 3.45. The topological polar surface area (TPSA) is 0 Å². The molecule has 1 aliphatic carbocycles. The van der Waals surface area contributed by atoms with Gasteiger partial charge in [0.2, 0.25) is 0 Å². The highest BCUT2D eigenvalue weighted by Crippen LogP contribution is 2.42. The van der Waals surface area contributed by atoms with E-state index in [0.717, 1.165) is 19.3 Å². The van der Waals surface area contributed by atoms with Gasteiger partial charge in [0, 0.05) is 0 Å². The molecule has 0 saturated heterocycles. The normalized spacial score (nSPS) is 13.5. The predicted octanol–water partition coefficient (Wildman–Crippen LogP) is 6.97. The van der Waals surface area contributed by atoms with Crippen LogP contribution >= 0.6 is 0 Å². The van der Waals surface area contributed by atoms with Crippen LogP contribution in [0.3, 0.4) is 0 Å². The molecule has 1 aliphatic rings. The molecule has 0 unspecified atom stereocenters. The predicted molar refractivity (Wildman–Crippen MR) is 111 cm³/mol. The lowest BCUT2D eigenvalue weighted by Gasteiger charge is -2.24. The molecule has 0 aliphatic heterocycles. The first-order chi connectivity index (χ1) is 11.6. The third-order valence-electron chi connectivity index (χ3n) is 5.40. The molecule has 0 radical (unpaired) electrons. The standard InChI is InChI=1S/C25H32/c1-8-9-10-17-15-22-19(16-23(17)25(5,6)7)13-18-14-20(24(2,3)4)11-12-21(18)22/h8,11-12,14-16H,1,9-10,13H2,2-7H3. The molecule has 0 saturated carbocycles. The summed E-state index contributed by atoms with van der Waals surface area (Å²) in [5.74, 6) is 0. The Labute approximate surface area is 154 Å². The van der Waals surface area contributed by atoms with E-state index in [1.807, 2.05) is 6.08 Å². The Kier molecular flexibility index (Phi) is 4.43. The van der Waals surface area contributed by atoms with Gasteiger partial charge in [-0.3, -0.25) is 0 Å². The number of hydrogen-bond acceptors (Lipinski definition) is 0. The minimum absolute atomic E-state index is 0.177. The summed E-state index contributed by atoms with van der Waals surface area (Å²) in [6.07, 6.45) is 5.22. The minimum atomic E-state index is 0.177. The number of hydrogen-bond donors (Lipinski definition) is 0. The zero-order valence-corrected chi connectivity index (χ0v) is 16.8. The highest BCUT2D eigenvalue weighted by Gasteiger charge is 2.26. The molecule has 0 nitrogen and oxygen atoms in total. The molecule has 0 heteroatoms. The Balaban J connectivity index is 2.10. The fourth-order valence-electron chi connectivity index (χ4n) is 3.92. The number of rotatable bonds is 3. The van der Waals surface area contributed by atoms with Crippen molar-refractivity contribution in [2.45, 2.75) is 71.6 Å². The number of benzene rings is 2. The Hall–Kier alpha value is -1.82. The second kappa shape index (κ2) is 6.16. The number of allylic oxidation sites excluding steroid dienone is 1. The molecule has 2 aromatic rings. The fourth-order valence-corrected chi connectivity index (χ4v) is 3.92. The lowest BCUT2D eigenvalue weighted by Crippen LogP contribution is -2.15. The highest BCUT2D eigenvalue weighted by atomic mass is 14.3. The van der Waals surface area contributed by atoms with Crippen molar-refractivity contribution in [2.24, 2.45) is 0 Å². The Morgan fingerprint density at radius 2 is 1.56 bits per heavy atom. The summed E-state index contributed by atoms with van der Waals surface area (Å²) in [4.78, 5) is 0. The largest absolute Gasteiger partial charge is 0.103 e. The monoisotopic (exact) mass is 332 g/mol. The SMILES string of the molecule is C=CCCc1cc2c(cc1C(C)(C)C)Cc1cc(C(C)(C)C)ccc1-2. The van der Waals surface area contributed by atoms with Crippen molar-refractivity contribution in [2.75, 3.05) is 0 Å². The molecule has 0 N–H and O–H groups in total. The van der Waals surface area contributed by atoms with Crippen LogP contribution < -0.4 is 0 Å². The van der Waals surface area contributed by atoms with Crippen LogP contribution in [0.5, 0.6) is 0 Å². The van der Waals surface area contributed by atoms with E-state index in [1.165, 1.54) is 38.9 Å². The molecule has 0 heterocycles. The van der Waals surface area contributed by atoms with Crippen LogP contribution in [0.4, 0.5) is 0 Å². The number of fused-ring (bicyclic) bond motifs is 3. The van der Waals surface area contributed by atoms with Gasteiger partial charge in [-0.05, 0) is 69.0 Å². The van der Waals surface area contributed by atoms with E-state index in [4.69, 9.17) is 0 Å². The molecular formula is C25H32. The van der Waals surface area contributed by atoms with Gasteiger partial charge in [0.25, 0.3) is 0 Å². The summed E-state index contributed by atoms with van der Waals surface area (Å²) in [5, 5.41) is 0. The zero-order chi connectivity index (χ0) is 18.4. The van der Waals surface area contributed by atoms with Crippen LogP contribution in [0.1, 0.15) is 75.8 Å². The quantitative estimate of drug-likeness (QED) is 0.454. The molecule has 0 atom stereocenters. The van der Waals surface area contributed by atoms with Gasteiger partial charge in [0.1, 0.15) is 0 Å². The summed E-state index contributed by atoms with van der Waals surface area (Å²) < 4.78 is 0. The molecule has 132 valence electrons. The van der Waals surface area contributed by atoms with Crippen LogP contribution in [0.15, 0.2) is 43.0 Å². The average molecular weight is 333 g/mol. The van der Waals surface area contributed by atoms with Gasteiger partial charge in [-0.25, -0.2) is 0 Å². The van der Waals surface area contributed by atoms with E-state index in [9.17, 15) is 0 Å². The van der Waals surface area contributed by atoms with Crippen LogP contribution in [-0.4, -0.2) is 0 Å². The van der Waals surface area contributed by atoms with E-state index in [2.05, 4.69) is 78.5 Å². The summed E-state index contributed by atoms with van der Waals surface area (Å²) in [5.41, 5.74) is 10.7. The first-order valence-corrected chi connectivity index (χ1v) is 9.52. The lowest BCUT2D eigenvalue weighted by molar-refractivity contribution is 0.581. The highest BCUT2D eigenvalue weighted by molar-refractivity contribution is 5.78. The van der Waals surface area contributed by atoms with E-state index < -0.39 is 0 Å². The van der Waals surface area contributed by atoms with E-state index in [-0.39, 0.29) is 10.8 Å². The first kappa shape index (κ1) is 18.0. The molecule has 0 spiro atoms.